The summed E-state index contributed by atoms with van der Waals surface area (Å²) in [6.45, 7) is 6.51. The van der Waals surface area contributed by atoms with E-state index in [4.69, 9.17) is 9.47 Å². The molecule has 0 spiro atoms. The van der Waals surface area contributed by atoms with Gasteiger partial charge in [-0.05, 0) is 0 Å². The van der Waals surface area contributed by atoms with Crippen molar-refractivity contribution in [2.24, 2.45) is 0 Å². The Morgan fingerprint density at radius 3 is 1.43 bits per heavy atom. The van der Waals surface area contributed by atoms with E-state index >= 15 is 8.78 Å². The first kappa shape index (κ1) is 32.2. The van der Waals surface area contributed by atoms with Crippen molar-refractivity contribution in [2.75, 3.05) is 14.2 Å². The summed E-state index contributed by atoms with van der Waals surface area (Å²) in [5, 5.41) is 0. The summed E-state index contributed by atoms with van der Waals surface area (Å²) in [5.74, 6) is -9.14. The van der Waals surface area contributed by atoms with E-state index in [1.807, 2.05) is 6.07 Å². The van der Waals surface area contributed by atoms with Crippen molar-refractivity contribution in [1.29, 1.82) is 0 Å². The van der Waals surface area contributed by atoms with Crippen molar-refractivity contribution in [3.05, 3.63) is 65.5 Å². The second kappa shape index (κ2) is 14.6. The van der Waals surface area contributed by atoms with E-state index in [1.165, 1.54) is 26.4 Å². The third kappa shape index (κ3) is 6.29. The van der Waals surface area contributed by atoms with Crippen molar-refractivity contribution < 1.29 is 31.4 Å². The topological polar surface area (TPSA) is 18.5 Å². The minimum atomic E-state index is -3.27. The fraction of sp³-hybridized carbons (Fsp3) is 0.438. The maximum atomic E-state index is 15.3. The number of hydrogen-bond acceptors (Lipinski definition) is 2. The molecule has 8 heteroatoms. The fourth-order valence-electron chi connectivity index (χ4n) is 5.73. The molecule has 0 N–H and O–H groups in total. The van der Waals surface area contributed by atoms with E-state index in [9.17, 15) is 13.2 Å². The summed E-state index contributed by atoms with van der Waals surface area (Å²) >= 11 is -3.27. The number of halogens is 5. The number of methoxy groups -OCH3 is 2. The van der Waals surface area contributed by atoms with Gasteiger partial charge in [-0.25, -0.2) is 0 Å². The van der Waals surface area contributed by atoms with Crippen LogP contribution in [0.2, 0.25) is 13.3 Å². The van der Waals surface area contributed by atoms with Crippen molar-refractivity contribution in [3.63, 3.8) is 0 Å². The molecule has 0 unspecified atom stereocenters. The molecule has 0 saturated carbocycles. The molecular formula is C32H39F5O2Sn. The number of hydrogen-bond donors (Lipinski definition) is 0. The molecule has 0 radical (unpaired) electrons. The van der Waals surface area contributed by atoms with Gasteiger partial charge in [0.2, 0.25) is 0 Å². The van der Waals surface area contributed by atoms with E-state index in [0.29, 0.717) is 11.3 Å². The minimum absolute atomic E-state index is 0.125. The molecule has 0 heterocycles. The Kier molecular flexibility index (Phi) is 11.7. The zero-order chi connectivity index (χ0) is 29.4. The van der Waals surface area contributed by atoms with Gasteiger partial charge in [-0.3, -0.25) is 0 Å². The average Bonchev–Trinajstić information content (AvgIpc) is 2.98. The zero-order valence-electron chi connectivity index (χ0n) is 24.0. The summed E-state index contributed by atoms with van der Waals surface area (Å²) in [6, 6.07) is 10.3. The predicted molar refractivity (Wildman–Crippen MR) is 155 cm³/mol. The van der Waals surface area contributed by atoms with Crippen molar-refractivity contribution in [3.8, 4) is 33.8 Å². The van der Waals surface area contributed by atoms with Gasteiger partial charge < -0.3 is 0 Å². The van der Waals surface area contributed by atoms with Gasteiger partial charge in [0.25, 0.3) is 0 Å². The first-order valence-corrected chi connectivity index (χ1v) is 21.6. The van der Waals surface area contributed by atoms with Crippen LogP contribution in [-0.4, -0.2) is 32.6 Å². The molecule has 0 bridgehead atoms. The van der Waals surface area contributed by atoms with Crippen molar-refractivity contribution in [1.82, 2.24) is 0 Å². The summed E-state index contributed by atoms with van der Waals surface area (Å²) in [7, 11) is 2.95. The van der Waals surface area contributed by atoms with E-state index in [1.54, 1.807) is 12.1 Å². The van der Waals surface area contributed by atoms with Crippen LogP contribution in [0.3, 0.4) is 0 Å². The van der Waals surface area contributed by atoms with Crippen LogP contribution in [0.4, 0.5) is 22.0 Å². The van der Waals surface area contributed by atoms with Crippen LogP contribution in [0.25, 0.3) is 22.3 Å². The first-order chi connectivity index (χ1) is 19.2. The van der Waals surface area contributed by atoms with E-state index < -0.39 is 53.0 Å². The molecule has 3 aromatic rings. The van der Waals surface area contributed by atoms with Crippen molar-refractivity contribution in [2.45, 2.75) is 72.6 Å². The van der Waals surface area contributed by atoms with Gasteiger partial charge in [0, 0.05) is 0 Å². The molecule has 0 saturated heterocycles. The van der Waals surface area contributed by atoms with E-state index in [0.717, 1.165) is 55.4 Å². The van der Waals surface area contributed by atoms with Gasteiger partial charge in [-0.1, -0.05) is 0 Å². The molecular weight excluding hydrogens is 630 g/mol. The fourth-order valence-corrected chi connectivity index (χ4v) is 22.5. The molecule has 0 aromatic heterocycles. The van der Waals surface area contributed by atoms with Crippen LogP contribution < -0.4 is 13.1 Å². The number of ether oxygens (including phenoxy) is 2. The Hall–Kier alpha value is -2.29. The van der Waals surface area contributed by atoms with Crippen LogP contribution in [-0.2, 0) is 0 Å². The zero-order valence-corrected chi connectivity index (χ0v) is 26.9. The van der Waals surface area contributed by atoms with Gasteiger partial charge in [0.1, 0.15) is 0 Å². The van der Waals surface area contributed by atoms with Crippen molar-refractivity contribution >= 4 is 22.0 Å². The Morgan fingerprint density at radius 2 is 0.975 bits per heavy atom. The average molecular weight is 669 g/mol. The van der Waals surface area contributed by atoms with Gasteiger partial charge in [0.05, 0.1) is 0 Å². The Bertz CT molecular complexity index is 1260. The quantitative estimate of drug-likeness (QED) is 0.0737. The Balaban J connectivity index is 2.52. The van der Waals surface area contributed by atoms with Crippen LogP contribution >= 0.6 is 0 Å². The van der Waals surface area contributed by atoms with Gasteiger partial charge in [0.15, 0.2) is 0 Å². The molecule has 3 rings (SSSR count). The number of benzene rings is 3. The molecule has 40 heavy (non-hydrogen) atoms. The molecule has 0 fully saturated rings. The third-order valence-electron chi connectivity index (χ3n) is 7.82. The number of unbranched alkanes of at least 4 members (excludes halogenated alkanes) is 3. The molecule has 0 amide bonds. The second-order valence-corrected chi connectivity index (χ2v) is 23.4. The van der Waals surface area contributed by atoms with Gasteiger partial charge in [-0.15, -0.1) is 0 Å². The van der Waals surface area contributed by atoms with Crippen LogP contribution in [0.1, 0.15) is 59.3 Å². The Morgan fingerprint density at radius 1 is 0.550 bits per heavy atom. The third-order valence-corrected chi connectivity index (χ3v) is 23.5. The van der Waals surface area contributed by atoms with Gasteiger partial charge in [-0.2, -0.15) is 0 Å². The summed E-state index contributed by atoms with van der Waals surface area (Å²) in [4.78, 5) is 0. The molecule has 3 aromatic carbocycles. The monoisotopic (exact) mass is 670 g/mol. The Labute approximate surface area is 238 Å². The molecule has 0 aliphatic heterocycles. The number of rotatable bonds is 14. The maximum absolute atomic E-state index is 15.3. The molecule has 0 aliphatic rings. The first-order valence-electron chi connectivity index (χ1n) is 14.1. The second-order valence-electron chi connectivity index (χ2n) is 10.3. The summed E-state index contributed by atoms with van der Waals surface area (Å²) in [6.07, 6.45) is 6.33. The van der Waals surface area contributed by atoms with Crippen LogP contribution in [0.15, 0.2) is 36.4 Å². The molecule has 2 nitrogen and oxygen atoms in total. The summed E-state index contributed by atoms with van der Waals surface area (Å²) < 4.78 is 89.4. The van der Waals surface area contributed by atoms with Gasteiger partial charge >= 0.3 is 239 Å². The van der Waals surface area contributed by atoms with E-state index in [-0.39, 0.29) is 16.9 Å². The predicted octanol–water partition coefficient (Wildman–Crippen LogP) is 9.79. The standard InChI is InChI=1S/C20H12F5O2.3C4H9.Sn/c1-26-12-8-4-3-6-10(12)14-11(7-5-9-13(14)27-2)15-16(21)18(23)20(25)19(24)17(15)22;3*1-3-4-2;/h3-5,7-9H,1-2H3;3*1,3-4H2,2H3;. The SMILES string of the molecule is CCC[CH2][Sn]([CH2]CCC)([CH2]CCC)[c]1cccc(OC)c1-c1c(OC)cccc1-c1c(F)c(F)c(F)c(F)c1F. The van der Waals surface area contributed by atoms with Crippen LogP contribution in [0, 0.1) is 29.1 Å². The van der Waals surface area contributed by atoms with E-state index in [2.05, 4.69) is 26.8 Å². The molecule has 218 valence electrons. The van der Waals surface area contributed by atoms with Crippen LogP contribution in [0.5, 0.6) is 11.5 Å². The summed E-state index contributed by atoms with van der Waals surface area (Å²) in [5.41, 5.74) is -0.176. The molecule has 0 aliphatic carbocycles. The molecule has 0 atom stereocenters. The normalized spacial score (nSPS) is 11.7.